The number of carbonyl (C=O) groups is 4. The quantitative estimate of drug-likeness (QED) is 0.0174. The van der Waals surface area contributed by atoms with Crippen molar-refractivity contribution in [2.45, 2.75) is 13.1 Å². The van der Waals surface area contributed by atoms with Crippen LogP contribution in [0.15, 0.2) is 188 Å². The summed E-state index contributed by atoms with van der Waals surface area (Å²) in [5.74, 6) is 0.761. The van der Waals surface area contributed by atoms with Gasteiger partial charge in [0.2, 0.25) is 23.8 Å². The number of aryl methyl sites for hydroxylation is 4. The van der Waals surface area contributed by atoms with Gasteiger partial charge in [0.25, 0.3) is 17.3 Å². The van der Waals surface area contributed by atoms with E-state index in [0.29, 0.717) is 81.9 Å². The largest absolute Gasteiger partial charge is 0.478 e. The summed E-state index contributed by atoms with van der Waals surface area (Å²) in [5.41, 5.74) is 38.5. The number of nitro benzene ring substituents is 2. The van der Waals surface area contributed by atoms with Crippen LogP contribution in [0.3, 0.4) is 0 Å². The number of nitrogens with one attached hydrogen (secondary N) is 7. The number of carboxylic acid groups (broad SMARTS) is 2. The van der Waals surface area contributed by atoms with E-state index in [9.17, 15) is 39.4 Å². The fourth-order valence-corrected chi connectivity index (χ4v) is 10.2. The monoisotopic (exact) mass is 1400 g/mol. The molecule has 0 aliphatic carbocycles. The number of aldehydes is 1. The number of amides is 1. The number of imidazole rings is 4. The van der Waals surface area contributed by atoms with E-state index < -0.39 is 21.8 Å². The molecule has 0 radical (unpaired) electrons. The zero-order valence-corrected chi connectivity index (χ0v) is 57.3. The highest BCUT2D eigenvalue weighted by Gasteiger charge is 2.15. The summed E-state index contributed by atoms with van der Waals surface area (Å²) >= 11 is 0. The average molecular weight is 1400 g/mol. The second-order valence-corrected chi connectivity index (χ2v) is 22.6. The molecular weight excluding hydrogens is 1320 g/mol. The summed E-state index contributed by atoms with van der Waals surface area (Å²) in [7, 11) is 14.9. The number of aromatic carboxylic acids is 2. The van der Waals surface area contributed by atoms with Crippen LogP contribution >= 0.6 is 0 Å². The number of anilines is 11. The molecule has 0 aliphatic heterocycles. The number of fused-ring (bicyclic) bond motifs is 4. The first-order chi connectivity index (χ1) is 49.3. The summed E-state index contributed by atoms with van der Waals surface area (Å²) in [4.78, 5) is 81.1. The smallest absolute Gasteiger partial charge is 0.335 e. The Morgan fingerprint density at radius 1 is 0.456 bits per heavy atom. The lowest BCUT2D eigenvalue weighted by molar-refractivity contribution is -0.384. The molecule has 9 aromatic carbocycles. The van der Waals surface area contributed by atoms with Gasteiger partial charge in [-0.1, -0.05) is 48.5 Å². The maximum absolute atomic E-state index is 12.4. The first-order valence-electron chi connectivity index (χ1n) is 31.4. The van der Waals surface area contributed by atoms with Crippen LogP contribution in [0.4, 0.5) is 75.0 Å². The molecule has 17 N–H and O–H groups in total. The number of non-ortho nitro benzene ring substituents is 2. The van der Waals surface area contributed by atoms with E-state index in [-0.39, 0.29) is 22.8 Å². The maximum Gasteiger partial charge on any atom is 0.335 e. The lowest BCUT2D eigenvalue weighted by Crippen LogP contribution is -2.13. The first-order valence-corrected chi connectivity index (χ1v) is 31.4. The van der Waals surface area contributed by atoms with Crippen LogP contribution in [-0.2, 0) is 41.3 Å². The Bertz CT molecular complexity index is 5190. The molecule has 4 heterocycles. The van der Waals surface area contributed by atoms with Crippen LogP contribution in [0.1, 0.15) is 52.6 Å². The third-order valence-electron chi connectivity index (χ3n) is 15.9. The lowest BCUT2D eigenvalue weighted by atomic mass is 10.1. The lowest BCUT2D eigenvalue weighted by Gasteiger charge is -2.09. The number of nitrogens with two attached hydrogens (primary N) is 4. The van der Waals surface area contributed by atoms with Crippen molar-refractivity contribution >= 4 is 143 Å². The van der Waals surface area contributed by atoms with Crippen molar-refractivity contribution in [2.75, 3.05) is 88.3 Å². The molecule has 0 atom stereocenters. The van der Waals surface area contributed by atoms with Gasteiger partial charge in [0.15, 0.2) is 0 Å². The van der Waals surface area contributed by atoms with Gasteiger partial charge in [-0.15, -0.1) is 0 Å². The number of carboxylic acids is 2. The highest BCUT2D eigenvalue weighted by atomic mass is 16.6. The second kappa shape index (κ2) is 34.3. The van der Waals surface area contributed by atoms with E-state index >= 15 is 0 Å². The molecule has 31 heteroatoms. The summed E-state index contributed by atoms with van der Waals surface area (Å²) in [6.45, 7) is 1.27. The molecule has 0 saturated carbocycles. The zero-order valence-electron chi connectivity index (χ0n) is 57.3. The average Bonchev–Trinajstić information content (AvgIpc) is 1.69. The minimum Gasteiger partial charge on any atom is -0.478 e. The topological polar surface area (TPSA) is 455 Å². The van der Waals surface area contributed by atoms with E-state index in [1.165, 1.54) is 48.5 Å². The molecule has 31 nitrogen and oxygen atoms in total. The molecule has 0 saturated heterocycles. The molecule has 0 unspecified atom stereocenters. The maximum atomic E-state index is 12.4. The van der Waals surface area contributed by atoms with Gasteiger partial charge in [0.05, 0.1) is 87.9 Å². The van der Waals surface area contributed by atoms with Gasteiger partial charge in [-0.25, -0.2) is 29.5 Å². The van der Waals surface area contributed by atoms with Crippen LogP contribution in [0.5, 0.6) is 0 Å². The van der Waals surface area contributed by atoms with Crippen molar-refractivity contribution in [1.82, 2.24) is 38.2 Å². The fourth-order valence-electron chi connectivity index (χ4n) is 10.2. The molecule has 0 bridgehead atoms. The number of hydrogen-bond acceptors (Lipinski definition) is 22. The third kappa shape index (κ3) is 19.1. The summed E-state index contributed by atoms with van der Waals surface area (Å²) in [6, 6.07) is 53.9. The fraction of sp³-hybridized carbons (Fsp3) is 0.139. The van der Waals surface area contributed by atoms with E-state index in [1.807, 2.05) is 164 Å². The van der Waals surface area contributed by atoms with Crippen molar-refractivity contribution in [2.24, 2.45) is 28.2 Å². The number of nitrogens with zero attached hydrogens (tertiary/aromatic N) is 10. The molecule has 0 fully saturated rings. The van der Waals surface area contributed by atoms with Gasteiger partial charge in [-0.05, 0) is 126 Å². The Morgan fingerprint density at radius 2 is 0.874 bits per heavy atom. The van der Waals surface area contributed by atoms with Crippen molar-refractivity contribution in [3.63, 3.8) is 0 Å². The number of nitrogen functional groups attached to an aromatic ring is 4. The van der Waals surface area contributed by atoms with Crippen LogP contribution in [0.2, 0.25) is 0 Å². The van der Waals surface area contributed by atoms with Crippen LogP contribution in [0.25, 0.3) is 44.1 Å². The van der Waals surface area contributed by atoms with E-state index in [4.69, 9.17) is 33.1 Å². The second-order valence-electron chi connectivity index (χ2n) is 22.6. The standard InChI is InChI=1S/C23H24N6O.C17H18N4O2.C9H10N4O2.C8H10N4.C8H6O3.C7H9N3O2/c1-25-23-28-20-13-17(11-12-21(20)29(23)2)26-14-15-7-9-16(10-8-15)22(30)27-19-6-4-3-5-18(19)24;1-18-17-20-14-9-13(7-8-15(14)21(17)2)19-10-11-3-5-12(6-4-11)16(22)23;1-10-9-11-7-5-6(13(14)15)3-4-8(7)12(9)2;1-12-7-3-2-5(9)4-6(7)11-8(12)10;9-5-6-1-3-7(4-2-6)8(10)11;1-9-7-3-2-5(10(11)12)4-6(7)8/h3-13,26H,14,24H2,1-2H3,(H,25,28)(H,27,30);3-9,19H,10H2,1-2H3,(H,18,20)(H,22,23);3-5H,1-2H3,(H,10,11);2-4H,9H2,1H3,(H2,10,11);1-5H,(H,10,11);2-4,9H,8H2,1H3. The predicted octanol–water partition coefficient (Wildman–Crippen LogP) is 11.7. The molecule has 1 amide bonds. The van der Waals surface area contributed by atoms with E-state index in [1.54, 1.807) is 50.5 Å². The van der Waals surface area contributed by atoms with Crippen molar-refractivity contribution in [3.05, 3.63) is 242 Å². The summed E-state index contributed by atoms with van der Waals surface area (Å²) in [6.07, 6.45) is 0.672. The summed E-state index contributed by atoms with van der Waals surface area (Å²) in [5, 5.41) is 59.7. The highest BCUT2D eigenvalue weighted by molar-refractivity contribution is 6.05. The Morgan fingerprint density at radius 3 is 1.32 bits per heavy atom. The molecule has 0 aliphatic rings. The van der Waals surface area contributed by atoms with E-state index in [2.05, 4.69) is 57.2 Å². The summed E-state index contributed by atoms with van der Waals surface area (Å²) < 4.78 is 7.70. The third-order valence-corrected chi connectivity index (χ3v) is 15.9. The van der Waals surface area contributed by atoms with Gasteiger partial charge in [-0.3, -0.25) is 29.8 Å². The molecule has 0 spiro atoms. The van der Waals surface area contributed by atoms with Gasteiger partial charge in [-0.2, -0.15) is 0 Å². The van der Waals surface area contributed by atoms with Crippen molar-refractivity contribution in [3.8, 4) is 0 Å². The van der Waals surface area contributed by atoms with Crippen molar-refractivity contribution < 1.29 is 39.2 Å². The number of rotatable bonds is 17. The SMILES string of the molecule is CNc1ccc([N+](=O)[O-])cc1N.CNc1nc2cc(NCc3ccc(C(=O)Nc4ccccc4N)cc3)ccc2n1C.CNc1nc2cc(NCc3ccc(C(=O)O)cc3)ccc2n1C.CNc1nc2cc([N+](=O)[O-])ccc2n1C.Cn1c(N)nc2cc(N)ccc21.O=Cc1ccc(C(=O)O)cc1. The molecule has 4 aromatic heterocycles. The van der Waals surface area contributed by atoms with Crippen LogP contribution in [0, 0.1) is 20.2 Å². The number of para-hydroxylation sites is 2. The highest BCUT2D eigenvalue weighted by Crippen LogP contribution is 2.28. The number of nitro groups is 2. The van der Waals surface area contributed by atoms with Gasteiger partial charge < -0.3 is 88.6 Å². The molecule has 103 heavy (non-hydrogen) atoms. The van der Waals surface area contributed by atoms with Crippen molar-refractivity contribution in [1.29, 1.82) is 0 Å². The normalized spacial score (nSPS) is 10.4. The van der Waals surface area contributed by atoms with Crippen LogP contribution < -0.4 is 60.2 Å². The number of hydrogen-bond donors (Lipinski definition) is 13. The Balaban J connectivity index is 0.000000164. The minimum atomic E-state index is -0.984. The van der Waals surface area contributed by atoms with Gasteiger partial charge >= 0.3 is 11.9 Å². The first kappa shape index (κ1) is 74.5. The van der Waals surface area contributed by atoms with Gasteiger partial charge in [0, 0.05) is 122 Å². The Kier molecular flexibility index (Phi) is 24.8. The number of carbonyl (C=O) groups excluding carboxylic acids is 2. The van der Waals surface area contributed by atoms with Gasteiger partial charge in [0.1, 0.15) is 6.29 Å². The van der Waals surface area contributed by atoms with Crippen LogP contribution in [-0.4, -0.2) is 111 Å². The molecule has 13 rings (SSSR count). The van der Waals surface area contributed by atoms with E-state index in [0.717, 1.165) is 73.0 Å². The zero-order chi connectivity index (χ0) is 74.6. The molecular formula is C72H77N21O10. The number of benzene rings is 9. The molecule has 530 valence electrons. The molecule has 13 aromatic rings. The predicted molar refractivity (Wildman–Crippen MR) is 406 cm³/mol. The minimum absolute atomic E-state index is 0.00602. The Labute approximate surface area is 589 Å². The number of aromatic nitrogens is 8. The Hall–Kier alpha value is -14.3.